The number of hydrogen-bond acceptors (Lipinski definition) is 6. The summed E-state index contributed by atoms with van der Waals surface area (Å²) in [4.78, 5) is 0.369. The first kappa shape index (κ1) is 21.8. The average molecular weight is 485 g/mol. The van der Waals surface area contributed by atoms with Gasteiger partial charge in [0, 0.05) is 17.1 Å². The number of ether oxygens (including phenoxy) is 2. The minimum atomic E-state index is -4.89. The van der Waals surface area contributed by atoms with Crippen molar-refractivity contribution in [1.82, 2.24) is 4.57 Å². The van der Waals surface area contributed by atoms with Crippen LogP contribution in [-0.2, 0) is 10.0 Å². The number of nitriles is 1. The summed E-state index contributed by atoms with van der Waals surface area (Å²) in [6, 6.07) is 10.4. The van der Waals surface area contributed by atoms with Crippen molar-refractivity contribution in [3.63, 3.8) is 0 Å². The van der Waals surface area contributed by atoms with E-state index in [4.69, 9.17) is 5.26 Å². The van der Waals surface area contributed by atoms with Crippen molar-refractivity contribution in [3.05, 3.63) is 63.9 Å². The Kier molecular flexibility index (Phi) is 5.02. The second kappa shape index (κ2) is 7.35. The standard InChI is InChI=1S/C19H11F4N3O4S2/c1-11-10-26(13-5-6-15-16(8-13)30-19(22,23)18(20,21)29-15)17(31-11)25-32(27,28)14-4-2-3-12(7-14)9-24/h2-8,10H,1H3/b25-17-. The lowest BCUT2D eigenvalue weighted by Gasteiger charge is -2.31. The first-order valence-corrected chi connectivity index (χ1v) is 11.0. The average Bonchev–Trinajstić information content (AvgIpc) is 3.07. The van der Waals surface area contributed by atoms with E-state index in [1.807, 2.05) is 6.07 Å². The summed E-state index contributed by atoms with van der Waals surface area (Å²) in [6.45, 7) is 1.66. The first-order valence-electron chi connectivity index (χ1n) is 8.70. The van der Waals surface area contributed by atoms with E-state index in [0.29, 0.717) is 4.88 Å². The SMILES string of the molecule is Cc1cn(-c2ccc3c(c2)OC(F)(F)C(F)(F)O3)/c(=N/S(=O)(=O)c2cccc(C#N)c2)s1. The summed E-state index contributed by atoms with van der Waals surface area (Å²) in [6.07, 6.45) is -8.25. The van der Waals surface area contributed by atoms with Crippen molar-refractivity contribution in [2.45, 2.75) is 24.0 Å². The predicted octanol–water partition coefficient (Wildman–Crippen LogP) is 3.97. The molecule has 0 bridgehead atoms. The molecule has 13 heteroatoms. The molecule has 32 heavy (non-hydrogen) atoms. The number of nitrogens with zero attached hydrogens (tertiary/aromatic N) is 3. The topological polar surface area (TPSA) is 93.7 Å². The normalized spacial score (nSPS) is 17.1. The monoisotopic (exact) mass is 485 g/mol. The van der Waals surface area contributed by atoms with Crippen LogP contribution in [0.25, 0.3) is 5.69 Å². The van der Waals surface area contributed by atoms with Crippen LogP contribution in [0.3, 0.4) is 0 Å². The molecule has 0 aliphatic carbocycles. The number of fused-ring (bicyclic) bond motifs is 1. The molecule has 4 rings (SSSR count). The quantitative estimate of drug-likeness (QED) is 0.524. The Balaban J connectivity index is 1.81. The van der Waals surface area contributed by atoms with E-state index in [0.717, 1.165) is 29.5 Å². The maximum Gasteiger partial charge on any atom is 0.507 e. The number of aryl methyl sites for hydroxylation is 1. The third kappa shape index (κ3) is 3.82. The van der Waals surface area contributed by atoms with Gasteiger partial charge in [0.15, 0.2) is 11.5 Å². The lowest BCUT2D eigenvalue weighted by molar-refractivity contribution is -0.391. The highest BCUT2D eigenvalue weighted by Crippen LogP contribution is 2.47. The molecule has 2 aromatic carbocycles. The molecule has 3 aromatic rings. The van der Waals surface area contributed by atoms with Crippen LogP contribution in [0.15, 0.2) is 58.0 Å². The zero-order valence-electron chi connectivity index (χ0n) is 15.9. The van der Waals surface area contributed by atoms with Gasteiger partial charge in [-0.25, -0.2) is 0 Å². The third-order valence-corrected chi connectivity index (χ3v) is 6.53. The van der Waals surface area contributed by atoms with Gasteiger partial charge in [0.05, 0.1) is 22.2 Å². The number of alkyl halides is 4. The fourth-order valence-electron chi connectivity index (χ4n) is 2.79. The molecule has 1 aliphatic heterocycles. The van der Waals surface area contributed by atoms with E-state index >= 15 is 0 Å². The molecule has 166 valence electrons. The third-order valence-electron chi connectivity index (χ3n) is 4.25. The summed E-state index contributed by atoms with van der Waals surface area (Å²) < 4.78 is 92.5. The predicted molar refractivity (Wildman–Crippen MR) is 103 cm³/mol. The molecule has 1 aliphatic rings. The molecule has 0 unspecified atom stereocenters. The molecule has 2 heterocycles. The Morgan fingerprint density at radius 1 is 1.06 bits per heavy atom. The smallest absolute Gasteiger partial charge is 0.421 e. The van der Waals surface area contributed by atoms with Gasteiger partial charge in [0.1, 0.15) is 0 Å². The number of benzene rings is 2. The Morgan fingerprint density at radius 3 is 2.44 bits per heavy atom. The fraction of sp³-hybridized carbons (Fsp3) is 0.158. The highest BCUT2D eigenvalue weighted by atomic mass is 32.2. The van der Waals surface area contributed by atoms with Crippen LogP contribution >= 0.6 is 11.3 Å². The van der Waals surface area contributed by atoms with Gasteiger partial charge in [-0.2, -0.15) is 31.2 Å². The van der Waals surface area contributed by atoms with Gasteiger partial charge in [0.25, 0.3) is 10.0 Å². The van der Waals surface area contributed by atoms with Gasteiger partial charge in [0.2, 0.25) is 4.80 Å². The Labute approximate surface area is 182 Å². The van der Waals surface area contributed by atoms with Crippen molar-refractivity contribution >= 4 is 21.4 Å². The van der Waals surface area contributed by atoms with Crippen LogP contribution in [0.2, 0.25) is 0 Å². The molecule has 0 amide bonds. The minimum absolute atomic E-state index is 0.0429. The molecular weight excluding hydrogens is 474 g/mol. The van der Waals surface area contributed by atoms with Gasteiger partial charge < -0.3 is 9.47 Å². The minimum Gasteiger partial charge on any atom is -0.421 e. The van der Waals surface area contributed by atoms with Gasteiger partial charge in [-0.3, -0.25) is 4.57 Å². The van der Waals surface area contributed by atoms with E-state index < -0.39 is 33.7 Å². The Hall–Kier alpha value is -3.37. The second-order valence-electron chi connectivity index (χ2n) is 6.57. The van der Waals surface area contributed by atoms with Gasteiger partial charge in [-0.15, -0.1) is 15.7 Å². The number of hydrogen-bond donors (Lipinski definition) is 0. The molecular formula is C19H11F4N3O4S2. The molecule has 0 radical (unpaired) electrons. The van der Waals surface area contributed by atoms with Crippen molar-refractivity contribution in [1.29, 1.82) is 5.26 Å². The number of sulfonamides is 1. The summed E-state index contributed by atoms with van der Waals surface area (Å²) in [5.74, 6) is -1.25. The number of thiazole rings is 1. The van der Waals surface area contributed by atoms with E-state index in [-0.39, 0.29) is 20.9 Å². The van der Waals surface area contributed by atoms with E-state index in [9.17, 15) is 26.0 Å². The Bertz CT molecular complexity index is 1440. The molecule has 0 spiro atoms. The molecule has 1 aromatic heterocycles. The highest BCUT2D eigenvalue weighted by Gasteiger charge is 2.65. The summed E-state index contributed by atoms with van der Waals surface area (Å²) in [5, 5.41) is 8.98. The summed E-state index contributed by atoms with van der Waals surface area (Å²) >= 11 is 0.990. The molecule has 7 nitrogen and oxygen atoms in total. The van der Waals surface area contributed by atoms with Gasteiger partial charge in [-0.1, -0.05) is 6.07 Å². The lowest BCUT2D eigenvalue weighted by Crippen LogP contribution is -2.52. The van der Waals surface area contributed by atoms with Crippen molar-refractivity contribution < 1.29 is 35.5 Å². The highest BCUT2D eigenvalue weighted by molar-refractivity contribution is 7.90. The van der Waals surface area contributed by atoms with Gasteiger partial charge >= 0.3 is 12.2 Å². The van der Waals surface area contributed by atoms with Crippen LogP contribution in [0.1, 0.15) is 10.4 Å². The zero-order valence-corrected chi connectivity index (χ0v) is 17.6. The van der Waals surface area contributed by atoms with Gasteiger partial charge in [-0.05, 0) is 37.3 Å². The first-order chi connectivity index (χ1) is 14.9. The number of halogens is 4. The molecule has 0 saturated heterocycles. The number of rotatable bonds is 3. The van der Waals surface area contributed by atoms with Crippen LogP contribution < -0.4 is 14.3 Å². The number of aromatic nitrogens is 1. The summed E-state index contributed by atoms with van der Waals surface area (Å²) in [7, 11) is -4.23. The molecule has 0 saturated carbocycles. The van der Waals surface area contributed by atoms with E-state index in [2.05, 4.69) is 13.9 Å². The van der Waals surface area contributed by atoms with Crippen molar-refractivity contribution in [3.8, 4) is 23.3 Å². The maximum absolute atomic E-state index is 13.5. The van der Waals surface area contributed by atoms with Crippen LogP contribution in [0, 0.1) is 18.3 Å². The van der Waals surface area contributed by atoms with Crippen LogP contribution in [0.4, 0.5) is 17.6 Å². The zero-order chi connectivity index (χ0) is 23.3. The van der Waals surface area contributed by atoms with E-state index in [1.54, 1.807) is 6.92 Å². The lowest BCUT2D eigenvalue weighted by atomic mass is 10.2. The summed E-state index contributed by atoms with van der Waals surface area (Å²) in [5.41, 5.74) is 0.249. The molecule has 0 fully saturated rings. The molecule has 0 N–H and O–H groups in total. The maximum atomic E-state index is 13.5. The van der Waals surface area contributed by atoms with E-state index in [1.165, 1.54) is 35.0 Å². The Morgan fingerprint density at radius 2 is 1.75 bits per heavy atom. The second-order valence-corrected chi connectivity index (χ2v) is 9.39. The largest absolute Gasteiger partial charge is 0.507 e. The van der Waals surface area contributed by atoms with Crippen LogP contribution in [0.5, 0.6) is 11.5 Å². The molecule has 0 atom stereocenters. The van der Waals surface area contributed by atoms with Crippen LogP contribution in [-0.4, -0.2) is 25.2 Å². The van der Waals surface area contributed by atoms with Crippen molar-refractivity contribution in [2.24, 2.45) is 4.40 Å². The van der Waals surface area contributed by atoms with Crippen molar-refractivity contribution in [2.75, 3.05) is 0 Å². The fourth-order valence-corrected chi connectivity index (χ4v) is 4.86.